The zero-order valence-corrected chi connectivity index (χ0v) is 18.4. The van der Waals surface area contributed by atoms with E-state index in [2.05, 4.69) is 34.1 Å². The van der Waals surface area contributed by atoms with Crippen LogP contribution in [0.4, 0.5) is 0 Å². The Kier molecular flexibility index (Phi) is 5.05. The SMILES string of the molecule is O=C(CCc1ccc2c(c1)OCO2)N1CCc2c([nH]c3ccccc23)[C@@H]1C1CCCCC1. The van der Waals surface area contributed by atoms with Crippen molar-refractivity contribution in [2.24, 2.45) is 5.92 Å². The number of aromatic nitrogens is 1. The van der Waals surface area contributed by atoms with Gasteiger partial charge in [-0.25, -0.2) is 0 Å². The molecule has 32 heavy (non-hydrogen) atoms. The highest BCUT2D eigenvalue weighted by Crippen LogP contribution is 2.44. The highest BCUT2D eigenvalue weighted by atomic mass is 16.7. The van der Waals surface area contributed by atoms with Gasteiger partial charge >= 0.3 is 0 Å². The van der Waals surface area contributed by atoms with Crippen LogP contribution in [0.1, 0.15) is 61.4 Å². The molecule has 1 saturated carbocycles. The quantitative estimate of drug-likeness (QED) is 0.592. The summed E-state index contributed by atoms with van der Waals surface area (Å²) in [7, 11) is 0. The van der Waals surface area contributed by atoms with E-state index < -0.39 is 0 Å². The summed E-state index contributed by atoms with van der Waals surface area (Å²) in [5.74, 6) is 2.39. The molecule has 166 valence electrons. The third-order valence-electron chi connectivity index (χ3n) is 7.56. The summed E-state index contributed by atoms with van der Waals surface area (Å²) in [6, 6.07) is 14.8. The first-order valence-electron chi connectivity index (χ1n) is 12.1. The Morgan fingerprint density at radius 3 is 2.78 bits per heavy atom. The predicted octanol–water partition coefficient (Wildman–Crippen LogP) is 5.54. The lowest BCUT2D eigenvalue weighted by Crippen LogP contribution is -2.43. The number of ether oxygens (including phenoxy) is 2. The van der Waals surface area contributed by atoms with Crippen LogP contribution < -0.4 is 9.47 Å². The maximum atomic E-state index is 13.5. The van der Waals surface area contributed by atoms with Crippen molar-refractivity contribution in [3.63, 3.8) is 0 Å². The van der Waals surface area contributed by atoms with Gasteiger partial charge in [-0.05, 0) is 60.9 Å². The molecular formula is C27H30N2O3. The van der Waals surface area contributed by atoms with Crippen LogP contribution in [-0.2, 0) is 17.6 Å². The van der Waals surface area contributed by atoms with Crippen LogP contribution in [0.15, 0.2) is 42.5 Å². The van der Waals surface area contributed by atoms with E-state index in [1.165, 1.54) is 54.3 Å². The summed E-state index contributed by atoms with van der Waals surface area (Å²) in [5.41, 5.74) is 5.05. The lowest BCUT2D eigenvalue weighted by Gasteiger charge is -2.42. The minimum atomic E-state index is 0.177. The van der Waals surface area contributed by atoms with Crippen LogP contribution in [0.25, 0.3) is 10.9 Å². The molecule has 1 fully saturated rings. The monoisotopic (exact) mass is 430 g/mol. The van der Waals surface area contributed by atoms with E-state index in [1.807, 2.05) is 18.2 Å². The smallest absolute Gasteiger partial charge is 0.231 e. The maximum absolute atomic E-state index is 13.5. The number of carbonyl (C=O) groups excluding carboxylic acids is 1. The number of nitrogens with zero attached hydrogens (tertiary/aromatic N) is 1. The molecule has 5 heteroatoms. The van der Waals surface area contributed by atoms with E-state index >= 15 is 0 Å². The Balaban J connectivity index is 1.26. The Morgan fingerprint density at radius 1 is 1.03 bits per heavy atom. The lowest BCUT2D eigenvalue weighted by molar-refractivity contribution is -0.135. The number of fused-ring (bicyclic) bond motifs is 4. The van der Waals surface area contributed by atoms with Gasteiger partial charge in [0.1, 0.15) is 0 Å². The number of hydrogen-bond acceptors (Lipinski definition) is 3. The van der Waals surface area contributed by atoms with Crippen LogP contribution in [0.5, 0.6) is 11.5 Å². The third-order valence-corrected chi connectivity index (χ3v) is 7.56. The Morgan fingerprint density at radius 2 is 1.88 bits per heavy atom. The highest BCUT2D eigenvalue weighted by molar-refractivity contribution is 5.86. The minimum Gasteiger partial charge on any atom is -0.454 e. The van der Waals surface area contributed by atoms with Crippen molar-refractivity contribution in [1.29, 1.82) is 0 Å². The number of hydrogen-bond donors (Lipinski definition) is 1. The number of benzene rings is 2. The molecule has 0 unspecified atom stereocenters. The van der Waals surface area contributed by atoms with E-state index in [-0.39, 0.29) is 18.7 Å². The molecule has 5 nitrogen and oxygen atoms in total. The molecule has 1 atom stereocenters. The van der Waals surface area contributed by atoms with E-state index in [0.29, 0.717) is 12.3 Å². The highest BCUT2D eigenvalue weighted by Gasteiger charge is 2.38. The predicted molar refractivity (Wildman–Crippen MR) is 124 cm³/mol. The largest absolute Gasteiger partial charge is 0.454 e. The van der Waals surface area contributed by atoms with Crippen LogP contribution in [0.2, 0.25) is 0 Å². The number of nitrogens with one attached hydrogen (secondary N) is 1. The molecule has 1 amide bonds. The number of aryl methyl sites for hydroxylation is 1. The fraction of sp³-hybridized carbons (Fsp3) is 0.444. The number of para-hydroxylation sites is 1. The number of amides is 1. The molecule has 0 radical (unpaired) electrons. The first kappa shape index (κ1) is 19.7. The Bertz CT molecular complexity index is 1150. The molecule has 3 aliphatic rings. The van der Waals surface area contributed by atoms with Gasteiger partial charge in [0, 0.05) is 29.6 Å². The number of aromatic amines is 1. The molecule has 3 heterocycles. The lowest BCUT2D eigenvalue weighted by atomic mass is 9.79. The molecule has 1 N–H and O–H groups in total. The van der Waals surface area contributed by atoms with Crippen molar-refractivity contribution >= 4 is 16.8 Å². The van der Waals surface area contributed by atoms with Crippen molar-refractivity contribution in [2.45, 2.75) is 57.4 Å². The van der Waals surface area contributed by atoms with E-state index in [0.717, 1.165) is 36.4 Å². The fourth-order valence-corrected chi connectivity index (χ4v) is 5.98. The van der Waals surface area contributed by atoms with Crippen molar-refractivity contribution in [3.05, 3.63) is 59.3 Å². The number of rotatable bonds is 4. The summed E-state index contributed by atoms with van der Waals surface area (Å²) in [6.07, 6.45) is 8.48. The van der Waals surface area contributed by atoms with Gasteiger partial charge in [0.2, 0.25) is 12.7 Å². The van der Waals surface area contributed by atoms with Gasteiger partial charge in [0.25, 0.3) is 0 Å². The van der Waals surface area contributed by atoms with E-state index in [1.54, 1.807) is 0 Å². The molecule has 6 rings (SSSR count). The topological polar surface area (TPSA) is 54.6 Å². The van der Waals surface area contributed by atoms with Gasteiger partial charge < -0.3 is 19.4 Å². The average molecular weight is 431 g/mol. The van der Waals surface area contributed by atoms with Crippen molar-refractivity contribution in [2.75, 3.05) is 13.3 Å². The number of carbonyl (C=O) groups is 1. The number of H-pyrrole nitrogens is 1. The van der Waals surface area contributed by atoms with Gasteiger partial charge in [-0.15, -0.1) is 0 Å². The summed E-state index contributed by atoms with van der Waals surface area (Å²) < 4.78 is 10.9. The first-order chi connectivity index (χ1) is 15.8. The molecule has 3 aromatic rings. The van der Waals surface area contributed by atoms with Gasteiger partial charge in [-0.3, -0.25) is 4.79 Å². The van der Waals surface area contributed by atoms with Gasteiger partial charge in [0.15, 0.2) is 11.5 Å². The summed E-state index contributed by atoms with van der Waals surface area (Å²) in [4.78, 5) is 19.5. The van der Waals surface area contributed by atoms with Gasteiger partial charge in [-0.1, -0.05) is 43.5 Å². The standard InChI is InChI=1S/C27H30N2O3/c30-25(13-11-18-10-12-23-24(16-18)32-17-31-23)29-15-14-21-20-8-4-5-9-22(20)28-26(21)27(29)19-6-2-1-3-7-19/h4-5,8-10,12,16,19,27-28H,1-3,6-7,11,13-15,17H2/t27-/m0/s1. The molecule has 1 aromatic heterocycles. The first-order valence-corrected chi connectivity index (χ1v) is 12.1. The second-order valence-corrected chi connectivity index (χ2v) is 9.43. The molecular weight excluding hydrogens is 400 g/mol. The van der Waals surface area contributed by atoms with E-state index in [9.17, 15) is 4.79 Å². The zero-order chi connectivity index (χ0) is 21.5. The molecule has 2 aliphatic heterocycles. The van der Waals surface area contributed by atoms with Crippen LogP contribution in [0, 0.1) is 5.92 Å². The molecule has 0 spiro atoms. The molecule has 2 aromatic carbocycles. The van der Waals surface area contributed by atoms with Crippen LogP contribution >= 0.6 is 0 Å². The summed E-state index contributed by atoms with van der Waals surface area (Å²) in [6.45, 7) is 1.09. The fourth-order valence-electron chi connectivity index (χ4n) is 5.98. The average Bonchev–Trinajstić information content (AvgIpc) is 3.46. The Hall–Kier alpha value is -2.95. The summed E-state index contributed by atoms with van der Waals surface area (Å²) in [5, 5.41) is 1.33. The Labute approximate surface area is 188 Å². The zero-order valence-electron chi connectivity index (χ0n) is 18.4. The van der Waals surface area contributed by atoms with Crippen molar-refractivity contribution < 1.29 is 14.3 Å². The van der Waals surface area contributed by atoms with Crippen molar-refractivity contribution in [3.8, 4) is 11.5 Å². The van der Waals surface area contributed by atoms with Crippen LogP contribution in [-0.4, -0.2) is 29.1 Å². The molecule has 0 saturated heterocycles. The van der Waals surface area contributed by atoms with E-state index in [4.69, 9.17) is 9.47 Å². The second-order valence-electron chi connectivity index (χ2n) is 9.43. The molecule has 0 bridgehead atoms. The van der Waals surface area contributed by atoms with Gasteiger partial charge in [0.05, 0.1) is 6.04 Å². The maximum Gasteiger partial charge on any atom is 0.231 e. The second kappa shape index (κ2) is 8.19. The van der Waals surface area contributed by atoms with Crippen LogP contribution in [0.3, 0.4) is 0 Å². The normalized spacial score (nSPS) is 20.5. The summed E-state index contributed by atoms with van der Waals surface area (Å²) >= 11 is 0. The van der Waals surface area contributed by atoms with Crippen molar-refractivity contribution in [1.82, 2.24) is 9.88 Å². The minimum absolute atomic E-state index is 0.177. The third kappa shape index (κ3) is 3.44. The molecule has 1 aliphatic carbocycles. The van der Waals surface area contributed by atoms with Gasteiger partial charge in [-0.2, -0.15) is 0 Å².